The standard InChI is InChI=1S/C16H13BrN2O/c1-2-9-3-5-11-13(7-9)19-16-10(8-14(18)20)4-6-12(17)15(11)16/h2-7,19H,1,8H2,(H2,18,20). The van der Waals surface area contributed by atoms with E-state index >= 15 is 0 Å². The van der Waals surface area contributed by atoms with Crippen LogP contribution in [0.4, 0.5) is 0 Å². The van der Waals surface area contributed by atoms with Crippen LogP contribution in [0.1, 0.15) is 11.1 Å². The molecule has 0 aliphatic heterocycles. The predicted molar refractivity (Wildman–Crippen MR) is 86.5 cm³/mol. The van der Waals surface area contributed by atoms with E-state index in [1.807, 2.05) is 30.3 Å². The average molecular weight is 329 g/mol. The highest BCUT2D eigenvalue weighted by Crippen LogP contribution is 2.34. The first-order valence-electron chi connectivity index (χ1n) is 6.23. The van der Waals surface area contributed by atoms with Crippen molar-refractivity contribution >= 4 is 49.7 Å². The van der Waals surface area contributed by atoms with Crippen molar-refractivity contribution < 1.29 is 4.79 Å². The van der Waals surface area contributed by atoms with E-state index in [0.29, 0.717) is 0 Å². The Kier molecular flexibility index (Phi) is 3.10. The van der Waals surface area contributed by atoms with Gasteiger partial charge in [0.25, 0.3) is 0 Å². The van der Waals surface area contributed by atoms with E-state index in [1.54, 1.807) is 0 Å². The zero-order valence-corrected chi connectivity index (χ0v) is 12.3. The largest absolute Gasteiger partial charge is 0.369 e. The summed E-state index contributed by atoms with van der Waals surface area (Å²) in [6.07, 6.45) is 2.04. The van der Waals surface area contributed by atoms with E-state index in [4.69, 9.17) is 5.73 Å². The van der Waals surface area contributed by atoms with E-state index in [0.717, 1.165) is 37.4 Å². The summed E-state index contributed by atoms with van der Waals surface area (Å²) in [4.78, 5) is 14.6. The average Bonchev–Trinajstić information content (AvgIpc) is 2.80. The monoisotopic (exact) mass is 328 g/mol. The van der Waals surface area contributed by atoms with Gasteiger partial charge < -0.3 is 10.7 Å². The van der Waals surface area contributed by atoms with Crippen molar-refractivity contribution in [3.63, 3.8) is 0 Å². The highest BCUT2D eigenvalue weighted by Gasteiger charge is 2.12. The minimum Gasteiger partial charge on any atom is -0.369 e. The summed E-state index contributed by atoms with van der Waals surface area (Å²) in [5, 5.41) is 2.19. The van der Waals surface area contributed by atoms with Crippen LogP contribution in [0.3, 0.4) is 0 Å². The van der Waals surface area contributed by atoms with Crippen LogP contribution in [0.2, 0.25) is 0 Å². The van der Waals surface area contributed by atoms with Crippen LogP contribution >= 0.6 is 15.9 Å². The molecule has 0 radical (unpaired) electrons. The number of amides is 1. The van der Waals surface area contributed by atoms with Gasteiger partial charge in [-0.2, -0.15) is 0 Å². The van der Waals surface area contributed by atoms with Crippen LogP contribution in [-0.2, 0) is 11.2 Å². The van der Waals surface area contributed by atoms with Crippen molar-refractivity contribution in [3.8, 4) is 0 Å². The van der Waals surface area contributed by atoms with Crippen LogP contribution < -0.4 is 5.73 Å². The number of nitrogens with one attached hydrogen (secondary N) is 1. The fraction of sp³-hybridized carbons (Fsp3) is 0.0625. The molecule has 0 saturated carbocycles. The molecule has 0 atom stereocenters. The maximum Gasteiger partial charge on any atom is 0.221 e. The number of hydrogen-bond donors (Lipinski definition) is 2. The van der Waals surface area contributed by atoms with Gasteiger partial charge in [0.05, 0.1) is 11.9 Å². The van der Waals surface area contributed by atoms with Crippen molar-refractivity contribution in [2.45, 2.75) is 6.42 Å². The molecule has 100 valence electrons. The molecule has 0 saturated heterocycles. The second-order valence-electron chi connectivity index (χ2n) is 4.73. The summed E-state index contributed by atoms with van der Waals surface area (Å²) in [5.74, 6) is -0.334. The van der Waals surface area contributed by atoms with Gasteiger partial charge in [-0.05, 0) is 23.3 Å². The van der Waals surface area contributed by atoms with Crippen LogP contribution in [0.15, 0.2) is 41.4 Å². The number of carbonyl (C=O) groups is 1. The van der Waals surface area contributed by atoms with Gasteiger partial charge in [0.2, 0.25) is 5.91 Å². The van der Waals surface area contributed by atoms with Crippen molar-refractivity contribution in [1.29, 1.82) is 0 Å². The number of primary amides is 1. The van der Waals surface area contributed by atoms with E-state index < -0.39 is 0 Å². The Morgan fingerprint density at radius 3 is 2.85 bits per heavy atom. The van der Waals surface area contributed by atoms with Crippen molar-refractivity contribution in [2.24, 2.45) is 5.73 Å². The molecule has 0 spiro atoms. The molecule has 3 N–H and O–H groups in total. The lowest BCUT2D eigenvalue weighted by molar-refractivity contribution is -0.117. The zero-order valence-electron chi connectivity index (χ0n) is 10.7. The number of fused-ring (bicyclic) bond motifs is 3. The summed E-state index contributed by atoms with van der Waals surface area (Å²) in [7, 11) is 0. The van der Waals surface area contributed by atoms with Gasteiger partial charge in [0.15, 0.2) is 0 Å². The van der Waals surface area contributed by atoms with E-state index in [2.05, 4.69) is 33.6 Å². The topological polar surface area (TPSA) is 58.9 Å². The number of H-pyrrole nitrogens is 1. The van der Waals surface area contributed by atoms with E-state index in [1.165, 1.54) is 0 Å². The SMILES string of the molecule is C=Cc1ccc2c(c1)[nH]c1c(CC(N)=O)ccc(Br)c12. The van der Waals surface area contributed by atoms with Gasteiger partial charge in [-0.3, -0.25) is 4.79 Å². The maximum atomic E-state index is 11.2. The van der Waals surface area contributed by atoms with E-state index in [9.17, 15) is 4.79 Å². The molecule has 4 heteroatoms. The normalized spacial score (nSPS) is 11.1. The number of nitrogens with two attached hydrogens (primary N) is 1. The Morgan fingerprint density at radius 1 is 1.35 bits per heavy atom. The molecule has 0 bridgehead atoms. The molecule has 1 heterocycles. The first kappa shape index (κ1) is 12.9. The number of halogens is 1. The van der Waals surface area contributed by atoms with Crippen molar-refractivity contribution in [1.82, 2.24) is 4.98 Å². The number of aromatic nitrogens is 1. The van der Waals surface area contributed by atoms with Gasteiger partial charge >= 0.3 is 0 Å². The summed E-state index contributed by atoms with van der Waals surface area (Å²) in [6, 6.07) is 10.00. The Bertz CT molecular complexity index is 848. The van der Waals surface area contributed by atoms with Gasteiger partial charge in [0.1, 0.15) is 0 Å². The Balaban J connectivity index is 2.38. The highest BCUT2D eigenvalue weighted by molar-refractivity contribution is 9.10. The minimum atomic E-state index is -0.334. The first-order valence-corrected chi connectivity index (χ1v) is 7.03. The Morgan fingerprint density at radius 2 is 2.15 bits per heavy atom. The second kappa shape index (κ2) is 4.80. The number of carbonyl (C=O) groups excluding carboxylic acids is 1. The molecule has 2 aromatic carbocycles. The molecule has 3 aromatic rings. The molecule has 1 amide bonds. The lowest BCUT2D eigenvalue weighted by Gasteiger charge is -2.02. The minimum absolute atomic E-state index is 0.227. The van der Waals surface area contributed by atoms with Crippen LogP contribution in [0.25, 0.3) is 27.9 Å². The molecule has 3 rings (SSSR count). The molecule has 3 nitrogen and oxygen atoms in total. The molecule has 0 aliphatic carbocycles. The molecule has 0 unspecified atom stereocenters. The fourth-order valence-corrected chi connectivity index (χ4v) is 3.05. The third kappa shape index (κ3) is 2.02. The van der Waals surface area contributed by atoms with Gasteiger partial charge in [0, 0.05) is 20.8 Å². The third-order valence-corrected chi connectivity index (χ3v) is 4.07. The van der Waals surface area contributed by atoms with Gasteiger partial charge in [-0.15, -0.1) is 0 Å². The smallest absolute Gasteiger partial charge is 0.221 e. The van der Waals surface area contributed by atoms with Gasteiger partial charge in [-0.1, -0.05) is 46.8 Å². The summed E-state index contributed by atoms with van der Waals surface area (Å²) in [5.41, 5.74) is 9.25. The number of rotatable bonds is 3. The highest BCUT2D eigenvalue weighted by atomic mass is 79.9. The molecule has 1 aromatic heterocycles. The van der Waals surface area contributed by atoms with Crippen molar-refractivity contribution in [2.75, 3.05) is 0 Å². The molecule has 0 aliphatic rings. The summed E-state index contributed by atoms with van der Waals surface area (Å²) < 4.78 is 0.998. The van der Waals surface area contributed by atoms with E-state index in [-0.39, 0.29) is 12.3 Å². The quantitative estimate of drug-likeness (QED) is 0.755. The lowest BCUT2D eigenvalue weighted by Crippen LogP contribution is -2.13. The molecule has 0 fully saturated rings. The zero-order chi connectivity index (χ0) is 14.3. The van der Waals surface area contributed by atoms with Crippen molar-refractivity contribution in [3.05, 3.63) is 52.5 Å². The second-order valence-corrected chi connectivity index (χ2v) is 5.59. The van der Waals surface area contributed by atoms with Crippen LogP contribution in [0, 0.1) is 0 Å². The van der Waals surface area contributed by atoms with Gasteiger partial charge in [-0.25, -0.2) is 0 Å². The lowest BCUT2D eigenvalue weighted by atomic mass is 10.1. The summed E-state index contributed by atoms with van der Waals surface area (Å²) >= 11 is 3.58. The molecular formula is C16H13BrN2O. The Hall–Kier alpha value is -2.07. The number of benzene rings is 2. The first-order chi connectivity index (χ1) is 9.60. The maximum absolute atomic E-state index is 11.2. The Labute approximate surface area is 124 Å². The third-order valence-electron chi connectivity index (χ3n) is 3.41. The summed E-state index contributed by atoms with van der Waals surface area (Å²) in [6.45, 7) is 3.78. The fourth-order valence-electron chi connectivity index (χ4n) is 2.51. The molecule has 20 heavy (non-hydrogen) atoms. The number of hydrogen-bond acceptors (Lipinski definition) is 1. The van der Waals surface area contributed by atoms with Crippen LogP contribution in [0.5, 0.6) is 0 Å². The number of aromatic amines is 1. The predicted octanol–water partition coefficient (Wildman–Crippen LogP) is 3.75. The molecular weight excluding hydrogens is 316 g/mol. The van der Waals surface area contributed by atoms with Crippen LogP contribution in [-0.4, -0.2) is 10.9 Å².